The van der Waals surface area contributed by atoms with Crippen LogP contribution in [0.5, 0.6) is 0 Å². The number of para-hydroxylation sites is 4. The molecule has 0 saturated heterocycles. The van der Waals surface area contributed by atoms with Gasteiger partial charge in [-0.2, -0.15) is 0 Å². The molecule has 18 aromatic carbocycles. The van der Waals surface area contributed by atoms with Crippen molar-refractivity contribution in [3.8, 4) is 78.1 Å². The van der Waals surface area contributed by atoms with E-state index in [0.29, 0.717) is 0 Å². The van der Waals surface area contributed by atoms with E-state index in [1.807, 2.05) is 122 Å². The second kappa shape index (κ2) is 32.2. The third-order valence-corrected chi connectivity index (χ3v) is 28.6. The first-order valence-corrected chi connectivity index (χ1v) is 45.6. The van der Waals surface area contributed by atoms with Gasteiger partial charge in [-0.1, -0.05) is 309 Å². The van der Waals surface area contributed by atoms with E-state index in [1.54, 1.807) is 0 Å². The third kappa shape index (κ3) is 13.5. The minimum Gasteiger partial charge on any atom is -0.309 e. The summed E-state index contributed by atoms with van der Waals surface area (Å²) < 4.78 is 19.4. The number of pyridine rings is 6. The number of rotatable bonds is 11. The van der Waals surface area contributed by atoms with E-state index in [0.717, 1.165) is 143 Å². The van der Waals surface area contributed by atoms with Gasteiger partial charge >= 0.3 is 0 Å². The van der Waals surface area contributed by atoms with Crippen LogP contribution in [0.25, 0.3) is 220 Å². The molecule has 0 aliphatic heterocycles. The molecule has 8 heterocycles. The molecule has 0 aliphatic carbocycles. The van der Waals surface area contributed by atoms with Gasteiger partial charge in [0.15, 0.2) is 7.14 Å². The van der Waals surface area contributed by atoms with Crippen LogP contribution in [0.3, 0.4) is 0 Å². The lowest BCUT2D eigenvalue weighted by Crippen LogP contribution is -2.25. The highest BCUT2D eigenvalue weighted by Crippen LogP contribution is 2.46. The molecule has 0 radical (unpaired) electrons. The maximum atomic E-state index is 14.9. The summed E-state index contributed by atoms with van der Waals surface area (Å²) in [6, 6.07) is 157. The monoisotopic (exact) mass is 1680 g/mol. The molecular weight excluding hydrogens is 1600 g/mol. The summed E-state index contributed by atoms with van der Waals surface area (Å²) in [5.74, 6) is 0. The Morgan fingerprint density at radius 3 is 0.992 bits per heavy atom. The van der Waals surface area contributed by atoms with E-state index < -0.39 is 7.14 Å². The van der Waals surface area contributed by atoms with Crippen LogP contribution in [0.2, 0.25) is 0 Å². The Labute approximate surface area is 748 Å². The third-order valence-electron chi connectivity index (χ3n) is 25.6. The highest BCUT2D eigenvalue weighted by molar-refractivity contribution is 7.85. The molecule has 0 bridgehead atoms. The Morgan fingerprint density at radius 2 is 0.523 bits per heavy atom. The number of aromatic nitrogens is 8. The predicted octanol–water partition coefficient (Wildman–Crippen LogP) is 29.6. The Hall–Kier alpha value is -17.0. The van der Waals surface area contributed by atoms with E-state index in [2.05, 4.69) is 365 Å². The quantitative estimate of drug-likeness (QED) is 0.0722. The molecule has 0 atom stereocenters. The Balaban J connectivity index is 0.000000108. The lowest BCUT2D eigenvalue weighted by Gasteiger charge is -2.20. The first-order chi connectivity index (χ1) is 64.3. The van der Waals surface area contributed by atoms with Crippen LogP contribution in [-0.4, -0.2) is 39.0 Å². The number of benzene rings is 18. The fourth-order valence-corrected chi connectivity index (χ4v) is 22.1. The first kappa shape index (κ1) is 76.7. The minimum absolute atomic E-state index is 0.829. The van der Waals surface area contributed by atoms with Crippen molar-refractivity contribution in [1.29, 1.82) is 0 Å². The molecule has 9 nitrogen and oxygen atoms in total. The maximum Gasteiger partial charge on any atom is 0.171 e. The first-order valence-electron chi connectivity index (χ1n) is 43.9. The molecule has 0 aliphatic rings. The van der Waals surface area contributed by atoms with Gasteiger partial charge in [-0.05, 0) is 239 Å². The van der Waals surface area contributed by atoms with Crippen molar-refractivity contribution in [3.63, 3.8) is 0 Å². The van der Waals surface area contributed by atoms with Gasteiger partial charge in [0.1, 0.15) is 16.7 Å². The second-order valence-electron chi connectivity index (χ2n) is 33.1. The normalized spacial score (nSPS) is 11.7. The molecule has 8 aromatic heterocycles. The van der Waals surface area contributed by atoms with Crippen molar-refractivity contribution >= 4 is 165 Å². The number of hydrogen-bond donors (Lipinski definition) is 0. The average Bonchev–Trinajstić information content (AvgIpc) is 1.33. The predicted molar refractivity (Wildman–Crippen MR) is 544 cm³/mol. The highest BCUT2D eigenvalue weighted by atomic mass is 31.2. The van der Waals surface area contributed by atoms with Gasteiger partial charge < -0.3 is 9.13 Å². The minimum atomic E-state index is -3.06. The van der Waals surface area contributed by atoms with Gasteiger partial charge in [-0.25, -0.2) is 19.9 Å². The topological polar surface area (TPSA) is 104 Å². The smallest absolute Gasteiger partial charge is 0.171 e. The number of nitrogens with zero attached hydrogens (tertiary/aromatic N) is 8. The molecule has 0 fully saturated rings. The molecular formula is C120H77N8OP. The van der Waals surface area contributed by atoms with E-state index in [1.165, 1.54) is 92.8 Å². The Bertz CT molecular complexity index is 8520. The van der Waals surface area contributed by atoms with Crippen LogP contribution < -0.4 is 15.9 Å². The van der Waals surface area contributed by atoms with E-state index in [-0.39, 0.29) is 0 Å². The van der Waals surface area contributed by atoms with E-state index >= 15 is 0 Å². The maximum absolute atomic E-state index is 14.9. The van der Waals surface area contributed by atoms with Gasteiger partial charge in [0, 0.05) is 89.0 Å². The van der Waals surface area contributed by atoms with Gasteiger partial charge in [-0.15, -0.1) is 0 Å². The molecule has 0 amide bonds. The summed E-state index contributed by atoms with van der Waals surface area (Å²) in [4.78, 5) is 29.2. The molecule has 0 N–H and O–H groups in total. The molecule has 10 heteroatoms. The lowest BCUT2D eigenvalue weighted by molar-refractivity contribution is 0.592. The molecule has 608 valence electrons. The van der Waals surface area contributed by atoms with Gasteiger partial charge in [0.05, 0.1) is 49.7 Å². The van der Waals surface area contributed by atoms with Crippen molar-refractivity contribution < 1.29 is 4.57 Å². The van der Waals surface area contributed by atoms with Gasteiger partial charge in [0.25, 0.3) is 0 Å². The summed E-state index contributed by atoms with van der Waals surface area (Å²) in [5.41, 5.74) is 28.2. The van der Waals surface area contributed by atoms with Crippen molar-refractivity contribution in [1.82, 2.24) is 39.0 Å². The van der Waals surface area contributed by atoms with Crippen LogP contribution in [0, 0.1) is 0 Å². The summed E-state index contributed by atoms with van der Waals surface area (Å²) in [6.45, 7) is 0. The second-order valence-corrected chi connectivity index (χ2v) is 35.9. The summed E-state index contributed by atoms with van der Waals surface area (Å²) in [6.07, 6.45) is 5.52. The zero-order chi connectivity index (χ0) is 86.2. The Kier molecular flexibility index (Phi) is 19.0. The molecule has 0 saturated carbocycles. The fourth-order valence-electron chi connectivity index (χ4n) is 19.4. The highest BCUT2D eigenvalue weighted by Gasteiger charge is 2.30. The molecule has 26 rings (SSSR count). The summed E-state index contributed by atoms with van der Waals surface area (Å²) in [5, 5.41) is 19.2. The SMILES string of the molecule is O=P(c1ccccc1)(c1ccccc1)c1cccc(-c2ccc(-c3cc4nc5ccccc5cc4c4ccccc34)cc2)c1.c1cc(-c2ccc(-n3c4ccccc4c4cccnc43)cc2)cc(-c2cc3nc4ccccc4cc3c3ccccc23)c1.c1cc(-c2ccc(-n3c4cccnc4c4ncccc43)cc2)cc(-c2cc3nc4ccccc4cc3c3ccccc23)c1. The zero-order valence-electron chi connectivity index (χ0n) is 70.4. The van der Waals surface area contributed by atoms with Crippen LogP contribution in [0.15, 0.2) is 468 Å². The Morgan fingerprint density at radius 1 is 0.192 bits per heavy atom. The van der Waals surface area contributed by atoms with Crippen LogP contribution in [0.1, 0.15) is 0 Å². The lowest BCUT2D eigenvalue weighted by atomic mass is 9.92. The number of hydrogen-bond acceptors (Lipinski definition) is 7. The van der Waals surface area contributed by atoms with Crippen molar-refractivity contribution in [3.05, 3.63) is 468 Å². The molecule has 130 heavy (non-hydrogen) atoms. The standard InChI is InChI=1S/C41H28NOP.C40H25N3.C39H24N4/c43-44(33-14-3-1-4-15-33,34-16-5-2-6-17-34)35-18-11-13-31(26-35)29-22-24-30(25-23-29)38-28-41-39(37-20-9-8-19-36(37)38)27-32-12-7-10-21-40(32)42-41;1-5-16-37-29(9-1)24-36-32-13-3-2-12-31(32)35(25-38(36)42-37)28-11-7-10-27(23-28)26-18-20-30(21-19-26)43-39-17-6-4-14-33(39)34-15-8-22-41-40(34)43;1-4-13-34-28(8-1)23-33-31-12-3-2-11-30(31)32(24-35(33)42-34)27-10-5-9-26(22-27)25-16-18-29(19-17-25)43-36-14-6-20-40-38(36)39-37(43)15-7-21-41-39/h1-28H;1-25H;1-24H. The number of fused-ring (bicyclic) bond motifs is 18. The van der Waals surface area contributed by atoms with Crippen LogP contribution in [-0.2, 0) is 4.57 Å². The largest absolute Gasteiger partial charge is 0.309 e. The van der Waals surface area contributed by atoms with Crippen molar-refractivity contribution in [2.45, 2.75) is 0 Å². The fraction of sp³-hybridized carbons (Fsp3) is 0. The van der Waals surface area contributed by atoms with Crippen LogP contribution >= 0.6 is 7.14 Å². The van der Waals surface area contributed by atoms with Gasteiger partial charge in [-0.3, -0.25) is 14.5 Å². The van der Waals surface area contributed by atoms with Crippen molar-refractivity contribution in [2.24, 2.45) is 0 Å². The summed E-state index contributed by atoms with van der Waals surface area (Å²) >= 11 is 0. The van der Waals surface area contributed by atoms with E-state index in [9.17, 15) is 4.57 Å². The van der Waals surface area contributed by atoms with Crippen molar-refractivity contribution in [2.75, 3.05) is 0 Å². The van der Waals surface area contributed by atoms with E-state index in [4.69, 9.17) is 19.9 Å². The zero-order valence-corrected chi connectivity index (χ0v) is 71.3. The van der Waals surface area contributed by atoms with Gasteiger partial charge in [0.2, 0.25) is 0 Å². The summed E-state index contributed by atoms with van der Waals surface area (Å²) in [7, 11) is -3.06. The molecule has 0 unspecified atom stereocenters. The average molecular weight is 1680 g/mol. The van der Waals surface area contributed by atoms with Crippen LogP contribution in [0.4, 0.5) is 0 Å². The molecule has 26 aromatic rings. The molecule has 0 spiro atoms.